The fourth-order valence-corrected chi connectivity index (χ4v) is 4.03. The molecule has 37 heavy (non-hydrogen) atoms. The summed E-state index contributed by atoms with van der Waals surface area (Å²) < 4.78 is 0. The van der Waals surface area contributed by atoms with Crippen molar-refractivity contribution in [1.82, 2.24) is 10.6 Å². The minimum absolute atomic E-state index is 0.159. The van der Waals surface area contributed by atoms with Crippen molar-refractivity contribution in [3.63, 3.8) is 0 Å². The lowest BCUT2D eigenvalue weighted by atomic mass is 9.98. The second kappa shape index (κ2) is 13.9. The van der Waals surface area contributed by atoms with Crippen LogP contribution < -0.4 is 16.0 Å². The minimum atomic E-state index is -1.20. The van der Waals surface area contributed by atoms with Gasteiger partial charge in [0, 0.05) is 12.1 Å². The number of anilines is 1. The Balaban J connectivity index is 1.58. The van der Waals surface area contributed by atoms with Crippen LogP contribution in [0, 0.1) is 5.92 Å². The monoisotopic (exact) mass is 503 g/mol. The van der Waals surface area contributed by atoms with Gasteiger partial charge in [-0.15, -0.1) is 6.58 Å². The van der Waals surface area contributed by atoms with Crippen molar-refractivity contribution in [2.24, 2.45) is 5.92 Å². The fourth-order valence-electron chi connectivity index (χ4n) is 4.03. The van der Waals surface area contributed by atoms with E-state index in [1.165, 1.54) is 6.08 Å². The molecule has 0 heterocycles. The SMILES string of the molecule is C=CCC(CC(=O)NC(CO)Cc1ccccc1)C(=O)NC(CO)C(=O)Nc1ccc2ccccc2c1. The van der Waals surface area contributed by atoms with E-state index >= 15 is 0 Å². The van der Waals surface area contributed by atoms with Gasteiger partial charge in [0.15, 0.2) is 0 Å². The summed E-state index contributed by atoms with van der Waals surface area (Å²) in [5.74, 6) is -2.32. The van der Waals surface area contributed by atoms with Crippen LogP contribution >= 0.6 is 0 Å². The summed E-state index contributed by atoms with van der Waals surface area (Å²) in [5.41, 5.74) is 1.50. The van der Waals surface area contributed by atoms with Crippen LogP contribution in [0.15, 0.2) is 85.5 Å². The number of aliphatic hydroxyl groups excluding tert-OH is 2. The highest BCUT2D eigenvalue weighted by Gasteiger charge is 2.27. The topological polar surface area (TPSA) is 128 Å². The molecule has 5 N–H and O–H groups in total. The summed E-state index contributed by atoms with van der Waals surface area (Å²) in [6.45, 7) is 2.80. The molecule has 0 aliphatic heterocycles. The van der Waals surface area contributed by atoms with E-state index in [0.717, 1.165) is 16.3 Å². The molecule has 0 aliphatic rings. The zero-order chi connectivity index (χ0) is 26.6. The van der Waals surface area contributed by atoms with Gasteiger partial charge in [0.1, 0.15) is 6.04 Å². The van der Waals surface area contributed by atoms with Crippen LogP contribution in [0.3, 0.4) is 0 Å². The lowest BCUT2D eigenvalue weighted by Crippen LogP contribution is -2.49. The highest BCUT2D eigenvalue weighted by Crippen LogP contribution is 2.19. The number of fused-ring (bicyclic) bond motifs is 1. The van der Waals surface area contributed by atoms with Gasteiger partial charge in [-0.3, -0.25) is 14.4 Å². The molecule has 194 valence electrons. The molecule has 3 atom stereocenters. The normalized spacial score (nSPS) is 13.2. The molecule has 3 aromatic rings. The largest absolute Gasteiger partial charge is 0.394 e. The van der Waals surface area contributed by atoms with Crippen LogP contribution in [0.25, 0.3) is 10.8 Å². The number of aliphatic hydroxyl groups is 2. The van der Waals surface area contributed by atoms with E-state index in [0.29, 0.717) is 12.1 Å². The average Bonchev–Trinajstić information content (AvgIpc) is 2.91. The third-order valence-corrected chi connectivity index (χ3v) is 6.00. The van der Waals surface area contributed by atoms with Gasteiger partial charge in [-0.05, 0) is 41.3 Å². The van der Waals surface area contributed by atoms with Gasteiger partial charge >= 0.3 is 0 Å². The Morgan fingerprint density at radius 2 is 1.54 bits per heavy atom. The first kappa shape index (κ1) is 27.6. The number of nitrogens with one attached hydrogen (secondary N) is 3. The molecular weight excluding hydrogens is 470 g/mol. The van der Waals surface area contributed by atoms with Crippen molar-refractivity contribution in [2.45, 2.75) is 31.3 Å². The first-order chi connectivity index (χ1) is 17.9. The van der Waals surface area contributed by atoms with Gasteiger partial charge in [-0.2, -0.15) is 0 Å². The predicted octanol–water partition coefficient (Wildman–Crippen LogP) is 2.56. The van der Waals surface area contributed by atoms with Crippen molar-refractivity contribution in [2.75, 3.05) is 18.5 Å². The maximum atomic E-state index is 12.9. The molecular formula is C29H33N3O5. The summed E-state index contributed by atoms with van der Waals surface area (Å²) in [4.78, 5) is 38.4. The molecule has 0 fully saturated rings. The van der Waals surface area contributed by atoms with Gasteiger partial charge in [-0.1, -0.05) is 66.7 Å². The standard InChI is InChI=1S/C29H33N3O5/c1-2-8-23(17-27(35)30-25(18-33)15-20-9-4-3-5-10-20)28(36)32-26(19-34)29(37)31-24-14-13-21-11-6-7-12-22(21)16-24/h2-7,9-14,16,23,25-26,33-34H,1,8,15,17-19H2,(H,30,35)(H,31,37)(H,32,36). The van der Waals surface area contributed by atoms with Crippen molar-refractivity contribution in [1.29, 1.82) is 0 Å². The molecule has 0 bridgehead atoms. The number of benzene rings is 3. The zero-order valence-electron chi connectivity index (χ0n) is 20.6. The maximum absolute atomic E-state index is 12.9. The van der Waals surface area contributed by atoms with Crippen LogP contribution in [0.1, 0.15) is 18.4 Å². The molecule has 0 saturated heterocycles. The van der Waals surface area contributed by atoms with Gasteiger partial charge in [0.2, 0.25) is 17.7 Å². The smallest absolute Gasteiger partial charge is 0.249 e. The van der Waals surface area contributed by atoms with E-state index in [1.807, 2.05) is 60.7 Å². The average molecular weight is 504 g/mol. The van der Waals surface area contributed by atoms with Crippen LogP contribution in [0.2, 0.25) is 0 Å². The Morgan fingerprint density at radius 3 is 2.22 bits per heavy atom. The number of amides is 3. The Labute approximate surface area is 216 Å². The number of carbonyl (C=O) groups excluding carboxylic acids is 3. The van der Waals surface area contributed by atoms with Crippen LogP contribution in [-0.4, -0.2) is 53.2 Å². The number of allylic oxidation sites excluding steroid dienone is 1. The molecule has 8 nitrogen and oxygen atoms in total. The Hall–Kier alpha value is -4.01. The molecule has 3 aromatic carbocycles. The third-order valence-electron chi connectivity index (χ3n) is 6.00. The van der Waals surface area contributed by atoms with Gasteiger partial charge in [0.25, 0.3) is 0 Å². The predicted molar refractivity (Wildman–Crippen MR) is 144 cm³/mol. The van der Waals surface area contributed by atoms with Gasteiger partial charge in [0.05, 0.1) is 25.2 Å². The summed E-state index contributed by atoms with van der Waals surface area (Å²) >= 11 is 0. The molecule has 8 heteroatoms. The van der Waals surface area contributed by atoms with Gasteiger partial charge in [-0.25, -0.2) is 0 Å². The number of rotatable bonds is 13. The van der Waals surface area contributed by atoms with Gasteiger partial charge < -0.3 is 26.2 Å². The van der Waals surface area contributed by atoms with E-state index in [1.54, 1.807) is 12.1 Å². The third kappa shape index (κ3) is 8.27. The van der Waals surface area contributed by atoms with Crippen molar-refractivity contribution in [3.8, 4) is 0 Å². The Kier molecular flexibility index (Phi) is 10.4. The van der Waals surface area contributed by atoms with Crippen LogP contribution in [0.5, 0.6) is 0 Å². The summed E-state index contributed by atoms with van der Waals surface area (Å²) in [6, 6.07) is 20.9. The maximum Gasteiger partial charge on any atom is 0.249 e. The minimum Gasteiger partial charge on any atom is -0.394 e. The first-order valence-corrected chi connectivity index (χ1v) is 12.2. The summed E-state index contributed by atoms with van der Waals surface area (Å²) in [6.07, 6.45) is 2.01. The second-order valence-corrected chi connectivity index (χ2v) is 8.86. The van der Waals surface area contributed by atoms with Crippen molar-refractivity contribution < 1.29 is 24.6 Å². The molecule has 0 radical (unpaired) electrons. The zero-order valence-corrected chi connectivity index (χ0v) is 20.6. The molecule has 0 spiro atoms. The van der Waals surface area contributed by atoms with E-state index < -0.39 is 42.3 Å². The quantitative estimate of drug-likeness (QED) is 0.229. The molecule has 3 amide bonds. The van der Waals surface area contributed by atoms with E-state index in [4.69, 9.17) is 0 Å². The number of hydrogen-bond donors (Lipinski definition) is 5. The summed E-state index contributed by atoms with van der Waals surface area (Å²) in [7, 11) is 0. The second-order valence-electron chi connectivity index (χ2n) is 8.86. The number of hydrogen-bond acceptors (Lipinski definition) is 5. The lowest BCUT2D eigenvalue weighted by molar-refractivity contribution is -0.133. The lowest BCUT2D eigenvalue weighted by Gasteiger charge is -2.22. The van der Waals surface area contributed by atoms with E-state index in [9.17, 15) is 24.6 Å². The molecule has 0 aliphatic carbocycles. The van der Waals surface area contributed by atoms with E-state index in [2.05, 4.69) is 22.5 Å². The fraction of sp³-hybridized carbons (Fsp3) is 0.276. The molecule has 0 saturated carbocycles. The first-order valence-electron chi connectivity index (χ1n) is 12.2. The van der Waals surface area contributed by atoms with Crippen LogP contribution in [0.4, 0.5) is 5.69 Å². The summed E-state index contributed by atoms with van der Waals surface area (Å²) in [5, 5.41) is 29.5. The Morgan fingerprint density at radius 1 is 0.838 bits per heavy atom. The van der Waals surface area contributed by atoms with Crippen molar-refractivity contribution >= 4 is 34.2 Å². The van der Waals surface area contributed by atoms with E-state index in [-0.39, 0.29) is 19.4 Å². The molecule has 3 unspecified atom stereocenters. The highest BCUT2D eigenvalue weighted by atomic mass is 16.3. The number of carbonyl (C=O) groups is 3. The highest BCUT2D eigenvalue weighted by molar-refractivity contribution is 5.99. The Bertz CT molecular complexity index is 1210. The van der Waals surface area contributed by atoms with Crippen molar-refractivity contribution in [3.05, 3.63) is 91.0 Å². The molecule has 0 aromatic heterocycles. The molecule has 3 rings (SSSR count). The van der Waals surface area contributed by atoms with Crippen LogP contribution in [-0.2, 0) is 20.8 Å².